The predicted octanol–water partition coefficient (Wildman–Crippen LogP) is 6.27. The van der Waals surface area contributed by atoms with Gasteiger partial charge in [0.15, 0.2) is 11.7 Å². The van der Waals surface area contributed by atoms with Crippen molar-refractivity contribution >= 4 is 56.7 Å². The van der Waals surface area contributed by atoms with Gasteiger partial charge in [0, 0.05) is 22.3 Å². The number of oxime groups is 1. The fourth-order valence-electron chi connectivity index (χ4n) is 2.88. The SMILES string of the molecule is O=C(O)NCc1cc(NC2=NOC(c3cc(Cl)c(F)c(Cl)c3)(C(F)(F)F)C2)ccc1Br. The van der Waals surface area contributed by atoms with E-state index in [1.165, 1.54) is 6.07 Å². The van der Waals surface area contributed by atoms with E-state index in [0.29, 0.717) is 15.7 Å². The second kappa shape index (κ2) is 8.71. The predicted molar refractivity (Wildman–Crippen MR) is 110 cm³/mol. The lowest BCUT2D eigenvalue weighted by Crippen LogP contribution is -2.43. The molecule has 2 aromatic carbocycles. The fraction of sp³-hybridized carbons (Fsp3) is 0.222. The maximum atomic E-state index is 14.0. The zero-order valence-electron chi connectivity index (χ0n) is 15.2. The van der Waals surface area contributed by atoms with Crippen molar-refractivity contribution in [3.05, 3.63) is 61.8 Å². The Bertz CT molecular complexity index is 1040. The van der Waals surface area contributed by atoms with Crippen LogP contribution in [0.3, 0.4) is 0 Å². The number of anilines is 1. The fourth-order valence-corrected chi connectivity index (χ4v) is 3.76. The van der Waals surface area contributed by atoms with Gasteiger partial charge >= 0.3 is 12.3 Å². The number of alkyl halides is 3. The normalized spacial score (nSPS) is 18.4. The van der Waals surface area contributed by atoms with E-state index in [0.717, 1.165) is 12.1 Å². The molecule has 2 aromatic rings. The zero-order chi connectivity index (χ0) is 23.0. The third-order valence-electron chi connectivity index (χ3n) is 4.40. The van der Waals surface area contributed by atoms with E-state index in [2.05, 4.69) is 31.7 Å². The smallest absolute Gasteiger partial charge is 0.435 e. The van der Waals surface area contributed by atoms with Crippen molar-refractivity contribution in [2.24, 2.45) is 5.16 Å². The summed E-state index contributed by atoms with van der Waals surface area (Å²) in [7, 11) is 0. The molecule has 0 saturated heterocycles. The highest BCUT2D eigenvalue weighted by molar-refractivity contribution is 9.10. The van der Waals surface area contributed by atoms with Crippen LogP contribution in [0.15, 0.2) is 40.0 Å². The molecule has 1 aliphatic rings. The molecule has 1 atom stereocenters. The molecule has 0 spiro atoms. The molecule has 0 aliphatic carbocycles. The van der Waals surface area contributed by atoms with E-state index in [4.69, 9.17) is 33.1 Å². The number of amidine groups is 1. The minimum absolute atomic E-state index is 0.0342. The Morgan fingerprint density at radius 2 is 1.90 bits per heavy atom. The Morgan fingerprint density at radius 3 is 2.48 bits per heavy atom. The van der Waals surface area contributed by atoms with Gasteiger partial charge < -0.3 is 20.6 Å². The lowest BCUT2D eigenvalue weighted by atomic mass is 9.89. The summed E-state index contributed by atoms with van der Waals surface area (Å²) in [5.41, 5.74) is -2.54. The van der Waals surface area contributed by atoms with E-state index in [1.54, 1.807) is 12.1 Å². The van der Waals surface area contributed by atoms with Crippen LogP contribution in [0.4, 0.5) is 28.0 Å². The van der Waals surface area contributed by atoms with Gasteiger partial charge in [0.2, 0.25) is 0 Å². The van der Waals surface area contributed by atoms with Crippen molar-refractivity contribution in [3.8, 4) is 0 Å². The van der Waals surface area contributed by atoms with Crippen molar-refractivity contribution in [2.45, 2.75) is 24.7 Å². The van der Waals surface area contributed by atoms with Crippen molar-refractivity contribution < 1.29 is 32.3 Å². The summed E-state index contributed by atoms with van der Waals surface area (Å²) in [5.74, 6) is -1.20. The first-order chi connectivity index (χ1) is 14.4. The summed E-state index contributed by atoms with van der Waals surface area (Å²) in [4.78, 5) is 15.5. The average molecular weight is 545 g/mol. The molecule has 0 radical (unpaired) electrons. The number of carbonyl (C=O) groups is 1. The molecule has 1 unspecified atom stereocenters. The van der Waals surface area contributed by atoms with Gasteiger partial charge in [-0.25, -0.2) is 9.18 Å². The van der Waals surface area contributed by atoms with Crippen LogP contribution in [0.5, 0.6) is 0 Å². The molecule has 6 nitrogen and oxygen atoms in total. The van der Waals surface area contributed by atoms with Gasteiger partial charge in [0.05, 0.1) is 16.5 Å². The Kier molecular flexibility index (Phi) is 6.59. The summed E-state index contributed by atoms with van der Waals surface area (Å²) >= 11 is 14.6. The van der Waals surface area contributed by atoms with Crippen LogP contribution >= 0.6 is 39.1 Å². The van der Waals surface area contributed by atoms with Gasteiger partial charge in [-0.1, -0.05) is 44.3 Å². The van der Waals surface area contributed by atoms with Gasteiger partial charge in [-0.3, -0.25) is 0 Å². The van der Waals surface area contributed by atoms with Crippen molar-refractivity contribution in [2.75, 3.05) is 5.32 Å². The maximum absolute atomic E-state index is 14.0. The Morgan fingerprint density at radius 1 is 1.26 bits per heavy atom. The molecule has 1 heterocycles. The molecule has 31 heavy (non-hydrogen) atoms. The number of benzene rings is 2. The standard InChI is InChI=1S/C18H12BrCl2F4N3O3/c19-11-2-1-10(3-8(11)7-26-16(29)30)27-14-6-17(31-28-14,18(23,24)25)9-4-12(20)15(22)13(21)5-9/h1-5,26H,6-7H2,(H,27,28)(H,29,30). The topological polar surface area (TPSA) is 83.0 Å². The van der Waals surface area contributed by atoms with Gasteiger partial charge in [-0.05, 0) is 35.9 Å². The van der Waals surface area contributed by atoms with E-state index in [1.807, 2.05) is 0 Å². The Hall–Kier alpha value is -2.24. The Labute approximate surface area is 191 Å². The van der Waals surface area contributed by atoms with Gasteiger partial charge in [-0.15, -0.1) is 0 Å². The summed E-state index contributed by atoms with van der Waals surface area (Å²) in [6.07, 6.45) is -6.92. The second-order valence-electron chi connectivity index (χ2n) is 6.47. The van der Waals surface area contributed by atoms with Crippen LogP contribution in [0.1, 0.15) is 17.5 Å². The number of carboxylic acid groups (broad SMARTS) is 1. The number of hydrogen-bond acceptors (Lipinski definition) is 4. The van der Waals surface area contributed by atoms with Gasteiger partial charge in [0.1, 0.15) is 0 Å². The molecule has 3 N–H and O–H groups in total. The number of amides is 1. The molecule has 0 bridgehead atoms. The first kappa shape index (κ1) is 23.4. The van der Waals surface area contributed by atoms with E-state index >= 15 is 0 Å². The number of rotatable bonds is 4. The third kappa shape index (κ3) is 4.83. The molecule has 1 aliphatic heterocycles. The molecule has 0 saturated carbocycles. The Balaban J connectivity index is 1.87. The molecule has 0 aromatic heterocycles. The first-order valence-electron chi connectivity index (χ1n) is 8.42. The van der Waals surface area contributed by atoms with E-state index in [9.17, 15) is 22.4 Å². The van der Waals surface area contributed by atoms with Gasteiger partial charge in [0.25, 0.3) is 5.60 Å². The largest absolute Gasteiger partial charge is 0.465 e. The summed E-state index contributed by atoms with van der Waals surface area (Å²) in [6, 6.07) is 6.26. The van der Waals surface area contributed by atoms with Crippen LogP contribution in [0, 0.1) is 5.82 Å². The van der Waals surface area contributed by atoms with Crippen LogP contribution in [-0.4, -0.2) is 23.2 Å². The molecule has 166 valence electrons. The van der Waals surface area contributed by atoms with E-state index < -0.39 is 45.7 Å². The van der Waals surface area contributed by atoms with Crippen molar-refractivity contribution in [3.63, 3.8) is 0 Å². The molecule has 3 rings (SSSR count). The molecule has 1 amide bonds. The third-order valence-corrected chi connectivity index (χ3v) is 5.72. The van der Waals surface area contributed by atoms with Crippen LogP contribution in [-0.2, 0) is 17.0 Å². The molecule has 13 heteroatoms. The van der Waals surface area contributed by atoms with Crippen LogP contribution < -0.4 is 10.6 Å². The number of nitrogens with zero attached hydrogens (tertiary/aromatic N) is 1. The highest BCUT2D eigenvalue weighted by atomic mass is 79.9. The first-order valence-corrected chi connectivity index (χ1v) is 9.97. The minimum atomic E-state index is -4.93. The van der Waals surface area contributed by atoms with Crippen LogP contribution in [0.25, 0.3) is 0 Å². The number of hydrogen-bond donors (Lipinski definition) is 3. The molecule has 0 fully saturated rings. The highest BCUT2D eigenvalue weighted by Crippen LogP contribution is 2.49. The van der Waals surface area contributed by atoms with Crippen molar-refractivity contribution in [1.82, 2.24) is 5.32 Å². The monoisotopic (exact) mass is 543 g/mol. The van der Waals surface area contributed by atoms with Gasteiger partial charge in [-0.2, -0.15) is 13.2 Å². The van der Waals surface area contributed by atoms with Crippen LogP contribution in [0.2, 0.25) is 10.0 Å². The lowest BCUT2D eigenvalue weighted by molar-refractivity contribution is -0.275. The zero-order valence-corrected chi connectivity index (χ0v) is 18.3. The molecular weight excluding hydrogens is 533 g/mol. The van der Waals surface area contributed by atoms with Crippen molar-refractivity contribution in [1.29, 1.82) is 0 Å². The minimum Gasteiger partial charge on any atom is -0.465 e. The highest BCUT2D eigenvalue weighted by Gasteiger charge is 2.62. The summed E-state index contributed by atoms with van der Waals surface area (Å²) in [6.45, 7) is -0.0342. The number of halogens is 7. The number of nitrogens with one attached hydrogen (secondary N) is 2. The second-order valence-corrected chi connectivity index (χ2v) is 8.14. The quantitative estimate of drug-likeness (QED) is 0.313. The maximum Gasteiger partial charge on any atom is 0.435 e. The molecular formula is C18H12BrCl2F4N3O3. The van der Waals surface area contributed by atoms with E-state index in [-0.39, 0.29) is 12.4 Å². The average Bonchev–Trinajstić information content (AvgIpc) is 3.11. The lowest BCUT2D eigenvalue weighted by Gasteiger charge is -2.29. The summed E-state index contributed by atoms with van der Waals surface area (Å²) in [5, 5.41) is 16.0. The summed E-state index contributed by atoms with van der Waals surface area (Å²) < 4.78 is 56.3.